The summed E-state index contributed by atoms with van der Waals surface area (Å²) in [5.74, 6) is 1.61. The number of benzene rings is 2. The number of aryl methyl sites for hydroxylation is 1. The van der Waals surface area contributed by atoms with Gasteiger partial charge in [-0.2, -0.15) is 15.0 Å². The van der Waals surface area contributed by atoms with Crippen molar-refractivity contribution in [3.63, 3.8) is 0 Å². The molecule has 0 saturated carbocycles. The molecule has 0 bridgehead atoms. The molecule has 162 valence electrons. The van der Waals surface area contributed by atoms with Crippen molar-refractivity contribution in [2.45, 2.75) is 13.5 Å². The Balaban J connectivity index is 1.43. The van der Waals surface area contributed by atoms with Crippen molar-refractivity contribution in [2.24, 2.45) is 0 Å². The molecule has 31 heavy (non-hydrogen) atoms. The van der Waals surface area contributed by atoms with Crippen LogP contribution in [0.3, 0.4) is 0 Å². The van der Waals surface area contributed by atoms with Crippen LogP contribution in [0.1, 0.15) is 11.4 Å². The number of nitrogen functional groups attached to an aromatic ring is 1. The molecule has 3 N–H and O–H groups in total. The average Bonchev–Trinajstić information content (AvgIpc) is 2.75. The standard InChI is InChI=1S/C22H26FN7O/c1-15-7-8-19(31-2)17(13-15)25-22-27-20(26-21(24)28-22)14-29-9-11-30(12-10-29)18-6-4-3-5-16(18)23/h3-8,13H,9-12,14H2,1-2H3,(H3,24,25,26,27,28). The average molecular weight is 423 g/mol. The van der Waals surface area contributed by atoms with E-state index in [2.05, 4.69) is 30.1 Å². The lowest BCUT2D eigenvalue weighted by atomic mass is 10.2. The van der Waals surface area contributed by atoms with Gasteiger partial charge < -0.3 is 20.7 Å². The summed E-state index contributed by atoms with van der Waals surface area (Å²) in [7, 11) is 1.62. The Kier molecular flexibility index (Phi) is 6.13. The summed E-state index contributed by atoms with van der Waals surface area (Å²) in [4.78, 5) is 17.3. The molecule has 1 aliphatic rings. The van der Waals surface area contributed by atoms with E-state index in [4.69, 9.17) is 10.5 Å². The number of piperazine rings is 1. The smallest absolute Gasteiger partial charge is 0.232 e. The highest BCUT2D eigenvalue weighted by atomic mass is 19.1. The third kappa shape index (κ3) is 5.00. The van der Waals surface area contributed by atoms with Gasteiger partial charge in [-0.15, -0.1) is 0 Å². The normalized spacial score (nSPS) is 14.5. The zero-order chi connectivity index (χ0) is 21.8. The summed E-state index contributed by atoms with van der Waals surface area (Å²) in [6.45, 7) is 5.54. The quantitative estimate of drug-likeness (QED) is 0.625. The van der Waals surface area contributed by atoms with Crippen molar-refractivity contribution >= 4 is 23.3 Å². The fourth-order valence-electron chi connectivity index (χ4n) is 3.66. The Morgan fingerprint density at radius 3 is 2.58 bits per heavy atom. The van der Waals surface area contributed by atoms with E-state index < -0.39 is 0 Å². The van der Waals surface area contributed by atoms with Crippen LogP contribution < -0.4 is 20.7 Å². The monoisotopic (exact) mass is 423 g/mol. The number of nitrogens with one attached hydrogen (secondary N) is 1. The Hall–Kier alpha value is -3.46. The van der Waals surface area contributed by atoms with Crippen molar-refractivity contribution in [1.29, 1.82) is 0 Å². The minimum atomic E-state index is -0.191. The lowest BCUT2D eigenvalue weighted by Crippen LogP contribution is -2.46. The highest BCUT2D eigenvalue weighted by Crippen LogP contribution is 2.27. The van der Waals surface area contributed by atoms with Gasteiger partial charge in [0.25, 0.3) is 0 Å². The van der Waals surface area contributed by atoms with Crippen LogP contribution in [0, 0.1) is 12.7 Å². The van der Waals surface area contributed by atoms with Crippen molar-refractivity contribution in [3.05, 3.63) is 59.7 Å². The number of rotatable bonds is 6. The second-order valence-corrected chi connectivity index (χ2v) is 7.48. The van der Waals surface area contributed by atoms with E-state index in [0.29, 0.717) is 29.8 Å². The van der Waals surface area contributed by atoms with Gasteiger partial charge in [0.05, 0.1) is 25.0 Å². The van der Waals surface area contributed by atoms with E-state index >= 15 is 0 Å². The summed E-state index contributed by atoms with van der Waals surface area (Å²) in [6.07, 6.45) is 0. The largest absolute Gasteiger partial charge is 0.495 e. The predicted molar refractivity (Wildman–Crippen MR) is 119 cm³/mol. The maximum atomic E-state index is 14.1. The van der Waals surface area contributed by atoms with E-state index in [1.807, 2.05) is 37.3 Å². The molecule has 0 aliphatic carbocycles. The van der Waals surface area contributed by atoms with Gasteiger partial charge in [0.15, 0.2) is 0 Å². The maximum absolute atomic E-state index is 14.1. The van der Waals surface area contributed by atoms with Crippen molar-refractivity contribution in [3.8, 4) is 5.75 Å². The zero-order valence-electron chi connectivity index (χ0n) is 17.7. The minimum Gasteiger partial charge on any atom is -0.495 e. The van der Waals surface area contributed by atoms with Crippen LogP contribution in [0.5, 0.6) is 5.75 Å². The third-order valence-corrected chi connectivity index (χ3v) is 5.23. The molecular weight excluding hydrogens is 397 g/mol. The minimum absolute atomic E-state index is 0.157. The highest BCUT2D eigenvalue weighted by molar-refractivity contribution is 5.63. The van der Waals surface area contributed by atoms with Gasteiger partial charge in [0, 0.05) is 26.2 Å². The number of para-hydroxylation sites is 1. The van der Waals surface area contributed by atoms with Crippen LogP contribution in [0.15, 0.2) is 42.5 Å². The zero-order valence-corrected chi connectivity index (χ0v) is 17.7. The molecule has 1 aliphatic heterocycles. The first-order valence-electron chi connectivity index (χ1n) is 10.2. The molecule has 9 heteroatoms. The lowest BCUT2D eigenvalue weighted by Gasteiger charge is -2.35. The maximum Gasteiger partial charge on any atom is 0.232 e. The molecule has 0 spiro atoms. The number of anilines is 4. The number of ether oxygens (including phenoxy) is 1. The SMILES string of the molecule is COc1ccc(C)cc1Nc1nc(N)nc(CN2CCN(c3ccccc3F)CC2)n1. The number of aromatic nitrogens is 3. The molecule has 2 heterocycles. The molecule has 3 aromatic rings. The summed E-state index contributed by atoms with van der Waals surface area (Å²) in [5.41, 5.74) is 8.42. The van der Waals surface area contributed by atoms with Gasteiger partial charge in [-0.3, -0.25) is 4.90 Å². The van der Waals surface area contributed by atoms with E-state index in [-0.39, 0.29) is 11.8 Å². The molecule has 4 rings (SSSR count). The Bertz CT molecular complexity index is 1050. The molecule has 0 atom stereocenters. The fourth-order valence-corrected chi connectivity index (χ4v) is 3.66. The Morgan fingerprint density at radius 1 is 1.06 bits per heavy atom. The van der Waals surface area contributed by atoms with Gasteiger partial charge in [0.2, 0.25) is 11.9 Å². The first kappa shape index (κ1) is 20.8. The molecule has 0 radical (unpaired) electrons. The summed E-state index contributed by atoms with van der Waals surface area (Å²) < 4.78 is 19.5. The first-order chi connectivity index (χ1) is 15.0. The summed E-state index contributed by atoms with van der Waals surface area (Å²) >= 11 is 0. The van der Waals surface area contributed by atoms with Crippen LogP contribution >= 0.6 is 0 Å². The Labute approximate surface area is 180 Å². The molecule has 0 amide bonds. The molecule has 2 aromatic carbocycles. The summed E-state index contributed by atoms with van der Waals surface area (Å²) in [6, 6.07) is 12.7. The van der Waals surface area contributed by atoms with Crippen molar-refractivity contribution in [2.75, 3.05) is 49.2 Å². The van der Waals surface area contributed by atoms with E-state index in [9.17, 15) is 4.39 Å². The van der Waals surface area contributed by atoms with Crippen LogP contribution in [-0.4, -0.2) is 53.1 Å². The fraction of sp³-hybridized carbons (Fsp3) is 0.318. The number of hydrogen-bond acceptors (Lipinski definition) is 8. The number of nitrogens with two attached hydrogens (primary N) is 1. The molecule has 8 nitrogen and oxygen atoms in total. The molecule has 1 saturated heterocycles. The summed E-state index contributed by atoms with van der Waals surface area (Å²) in [5, 5.41) is 3.18. The van der Waals surface area contributed by atoms with Crippen LogP contribution in [0.25, 0.3) is 0 Å². The first-order valence-corrected chi connectivity index (χ1v) is 10.2. The lowest BCUT2D eigenvalue weighted by molar-refractivity contribution is 0.243. The van der Waals surface area contributed by atoms with Gasteiger partial charge >= 0.3 is 0 Å². The molecular formula is C22H26FN7O. The topological polar surface area (TPSA) is 92.4 Å². The van der Waals surface area contributed by atoms with Crippen LogP contribution in [-0.2, 0) is 6.54 Å². The second-order valence-electron chi connectivity index (χ2n) is 7.48. The van der Waals surface area contributed by atoms with Gasteiger partial charge in [-0.1, -0.05) is 18.2 Å². The Morgan fingerprint density at radius 2 is 1.84 bits per heavy atom. The van der Waals surface area contributed by atoms with E-state index in [1.54, 1.807) is 13.2 Å². The number of methoxy groups -OCH3 is 1. The van der Waals surface area contributed by atoms with Crippen LogP contribution in [0.2, 0.25) is 0 Å². The highest BCUT2D eigenvalue weighted by Gasteiger charge is 2.20. The predicted octanol–water partition coefficient (Wildman–Crippen LogP) is 2.98. The van der Waals surface area contributed by atoms with Crippen molar-refractivity contribution < 1.29 is 9.13 Å². The number of halogens is 1. The van der Waals surface area contributed by atoms with Crippen molar-refractivity contribution in [1.82, 2.24) is 19.9 Å². The molecule has 0 unspecified atom stereocenters. The molecule has 1 fully saturated rings. The van der Waals surface area contributed by atoms with Gasteiger partial charge in [0.1, 0.15) is 17.4 Å². The number of nitrogens with zero attached hydrogens (tertiary/aromatic N) is 5. The van der Waals surface area contributed by atoms with E-state index in [0.717, 1.165) is 37.4 Å². The number of hydrogen-bond donors (Lipinski definition) is 2. The third-order valence-electron chi connectivity index (χ3n) is 5.23. The van der Waals surface area contributed by atoms with Crippen LogP contribution in [0.4, 0.5) is 27.7 Å². The van der Waals surface area contributed by atoms with Gasteiger partial charge in [-0.05, 0) is 36.8 Å². The molecule has 1 aromatic heterocycles. The second kappa shape index (κ2) is 9.13. The van der Waals surface area contributed by atoms with E-state index in [1.165, 1.54) is 6.07 Å². The van der Waals surface area contributed by atoms with Gasteiger partial charge in [-0.25, -0.2) is 4.39 Å².